The molecule has 0 aliphatic heterocycles. The molecule has 0 aliphatic carbocycles. The lowest BCUT2D eigenvalue weighted by Crippen LogP contribution is -2.18. The summed E-state index contributed by atoms with van der Waals surface area (Å²) in [6.07, 6.45) is -4.79. The fraction of sp³-hybridized carbons (Fsp3) is 0.250. The van der Waals surface area contributed by atoms with Gasteiger partial charge in [0.25, 0.3) is 0 Å². The molecule has 0 saturated carbocycles. The molecule has 2 aromatic carbocycles. The molecule has 0 bridgehead atoms. The Morgan fingerprint density at radius 2 is 1.48 bits per heavy atom. The van der Waals surface area contributed by atoms with E-state index in [0.29, 0.717) is 17.2 Å². The predicted molar refractivity (Wildman–Crippen MR) is 79.9 cm³/mol. The Bertz CT molecular complexity index is 840. The first-order valence-corrected chi connectivity index (χ1v) is 8.12. The lowest BCUT2D eigenvalue weighted by atomic mass is 10.1. The molecular weight excluding hydrogens is 329 g/mol. The Morgan fingerprint density at radius 1 is 0.913 bits per heavy atom. The highest BCUT2D eigenvalue weighted by atomic mass is 32.2. The predicted octanol–water partition coefficient (Wildman–Crippen LogP) is 4.40. The molecule has 0 saturated heterocycles. The molecule has 0 radical (unpaired) electrons. The van der Waals surface area contributed by atoms with Crippen LogP contribution < -0.4 is 4.18 Å². The molecule has 3 nitrogen and oxygen atoms in total. The topological polar surface area (TPSA) is 43.4 Å². The van der Waals surface area contributed by atoms with Crippen LogP contribution in [-0.4, -0.2) is 8.42 Å². The van der Waals surface area contributed by atoms with Crippen molar-refractivity contribution in [3.05, 3.63) is 58.7 Å². The van der Waals surface area contributed by atoms with Gasteiger partial charge in [-0.1, -0.05) is 24.3 Å². The van der Waals surface area contributed by atoms with Gasteiger partial charge in [0, 0.05) is 0 Å². The third-order valence-corrected chi connectivity index (χ3v) is 4.81. The highest BCUT2D eigenvalue weighted by Crippen LogP contribution is 2.36. The molecule has 0 heterocycles. The third kappa shape index (κ3) is 3.50. The van der Waals surface area contributed by atoms with Gasteiger partial charge in [0.05, 0.1) is 5.56 Å². The van der Waals surface area contributed by atoms with E-state index in [1.165, 1.54) is 6.07 Å². The molecule has 23 heavy (non-hydrogen) atoms. The Balaban J connectivity index is 2.56. The van der Waals surface area contributed by atoms with Crippen molar-refractivity contribution in [2.75, 3.05) is 0 Å². The summed E-state index contributed by atoms with van der Waals surface area (Å²) in [5.74, 6) is 0.0574. The lowest BCUT2D eigenvalue weighted by molar-refractivity contribution is -0.139. The van der Waals surface area contributed by atoms with Gasteiger partial charge in [-0.15, -0.1) is 0 Å². The Morgan fingerprint density at radius 3 is 2.09 bits per heavy atom. The Kier molecular flexibility index (Phi) is 4.43. The van der Waals surface area contributed by atoms with Gasteiger partial charge < -0.3 is 4.18 Å². The standard InChI is InChI=1S/C16H15F3O3S/c1-10-8-9-11(2)15(12(10)3)22-23(20,21)14-7-5-4-6-13(14)16(17,18)19/h4-9H,1-3H3. The molecule has 0 unspecified atom stereocenters. The van der Waals surface area contributed by atoms with E-state index in [1.807, 2.05) is 0 Å². The normalized spacial score (nSPS) is 12.3. The first kappa shape index (κ1) is 17.3. The van der Waals surface area contributed by atoms with Gasteiger partial charge in [0.1, 0.15) is 10.6 Å². The van der Waals surface area contributed by atoms with Gasteiger partial charge in [-0.25, -0.2) is 0 Å². The fourth-order valence-electron chi connectivity index (χ4n) is 2.13. The SMILES string of the molecule is Cc1ccc(C)c(OS(=O)(=O)c2ccccc2C(F)(F)F)c1C. The summed E-state index contributed by atoms with van der Waals surface area (Å²) in [6.45, 7) is 5.05. The van der Waals surface area contributed by atoms with Crippen LogP contribution in [0.15, 0.2) is 41.3 Å². The average Bonchev–Trinajstić information content (AvgIpc) is 2.47. The van der Waals surface area contributed by atoms with Gasteiger partial charge in [0.2, 0.25) is 0 Å². The van der Waals surface area contributed by atoms with Crippen LogP contribution in [0.1, 0.15) is 22.3 Å². The third-order valence-electron chi connectivity index (χ3n) is 3.53. The van der Waals surface area contributed by atoms with Crippen LogP contribution in [0, 0.1) is 20.8 Å². The van der Waals surface area contributed by atoms with Crippen molar-refractivity contribution in [3.63, 3.8) is 0 Å². The molecule has 7 heteroatoms. The van der Waals surface area contributed by atoms with Crippen LogP contribution in [0.25, 0.3) is 0 Å². The maximum atomic E-state index is 13.0. The number of aryl methyl sites for hydroxylation is 2. The summed E-state index contributed by atoms with van der Waals surface area (Å²) in [5.41, 5.74) is 0.632. The molecule has 0 atom stereocenters. The quantitative estimate of drug-likeness (QED) is 0.775. The van der Waals surface area contributed by atoms with Crippen molar-refractivity contribution >= 4 is 10.1 Å². The summed E-state index contributed by atoms with van der Waals surface area (Å²) < 4.78 is 68.8. The van der Waals surface area contributed by atoms with Gasteiger partial charge in [0.15, 0.2) is 0 Å². The van der Waals surface area contributed by atoms with E-state index in [4.69, 9.17) is 4.18 Å². The maximum Gasteiger partial charge on any atom is 0.417 e. The largest absolute Gasteiger partial charge is 0.417 e. The van der Waals surface area contributed by atoms with E-state index in [-0.39, 0.29) is 5.75 Å². The van der Waals surface area contributed by atoms with Gasteiger partial charge in [-0.05, 0) is 49.6 Å². The Hall–Kier alpha value is -2.02. The number of hydrogen-bond donors (Lipinski definition) is 0. The average molecular weight is 344 g/mol. The van der Waals surface area contributed by atoms with E-state index < -0.39 is 26.8 Å². The molecule has 0 fully saturated rings. The zero-order valence-corrected chi connectivity index (χ0v) is 13.5. The minimum atomic E-state index is -4.79. The smallest absolute Gasteiger partial charge is 0.378 e. The minimum absolute atomic E-state index is 0.0574. The van der Waals surface area contributed by atoms with E-state index in [2.05, 4.69) is 0 Å². The molecular formula is C16H15F3O3S. The fourth-order valence-corrected chi connectivity index (χ4v) is 3.39. The van der Waals surface area contributed by atoms with Crippen molar-refractivity contribution in [2.24, 2.45) is 0 Å². The molecule has 0 spiro atoms. The van der Waals surface area contributed by atoms with Crippen LogP contribution >= 0.6 is 0 Å². The second-order valence-electron chi connectivity index (χ2n) is 5.18. The molecule has 0 N–H and O–H groups in total. The minimum Gasteiger partial charge on any atom is -0.378 e. The summed E-state index contributed by atoms with van der Waals surface area (Å²) in [7, 11) is -4.61. The summed E-state index contributed by atoms with van der Waals surface area (Å²) in [6, 6.07) is 7.40. The summed E-state index contributed by atoms with van der Waals surface area (Å²) in [5, 5.41) is 0. The zero-order valence-electron chi connectivity index (χ0n) is 12.7. The van der Waals surface area contributed by atoms with Crippen molar-refractivity contribution in [2.45, 2.75) is 31.8 Å². The van der Waals surface area contributed by atoms with E-state index in [1.54, 1.807) is 32.9 Å². The number of alkyl halides is 3. The van der Waals surface area contributed by atoms with Crippen molar-refractivity contribution < 1.29 is 25.8 Å². The maximum absolute atomic E-state index is 13.0. The highest BCUT2D eigenvalue weighted by Gasteiger charge is 2.37. The molecule has 2 rings (SSSR count). The number of benzene rings is 2. The monoisotopic (exact) mass is 344 g/mol. The molecule has 0 amide bonds. The number of halogens is 3. The zero-order chi connectivity index (χ0) is 17.4. The van der Waals surface area contributed by atoms with Crippen molar-refractivity contribution in [3.8, 4) is 5.75 Å². The second-order valence-corrected chi connectivity index (χ2v) is 6.70. The molecule has 2 aromatic rings. The lowest BCUT2D eigenvalue weighted by Gasteiger charge is -2.16. The molecule has 124 valence electrons. The van der Waals surface area contributed by atoms with E-state index >= 15 is 0 Å². The second kappa shape index (κ2) is 5.88. The van der Waals surface area contributed by atoms with Crippen LogP contribution in [-0.2, 0) is 16.3 Å². The van der Waals surface area contributed by atoms with Crippen LogP contribution in [0.4, 0.5) is 13.2 Å². The number of hydrogen-bond acceptors (Lipinski definition) is 3. The molecule has 0 aliphatic rings. The van der Waals surface area contributed by atoms with Crippen LogP contribution in [0.5, 0.6) is 5.75 Å². The van der Waals surface area contributed by atoms with Gasteiger partial charge in [-0.2, -0.15) is 21.6 Å². The first-order chi connectivity index (χ1) is 10.5. The highest BCUT2D eigenvalue weighted by molar-refractivity contribution is 7.87. The van der Waals surface area contributed by atoms with Gasteiger partial charge in [-0.3, -0.25) is 0 Å². The van der Waals surface area contributed by atoms with E-state index in [9.17, 15) is 21.6 Å². The van der Waals surface area contributed by atoms with Crippen LogP contribution in [0.2, 0.25) is 0 Å². The van der Waals surface area contributed by atoms with E-state index in [0.717, 1.165) is 17.7 Å². The van der Waals surface area contributed by atoms with Crippen LogP contribution in [0.3, 0.4) is 0 Å². The number of rotatable bonds is 3. The van der Waals surface area contributed by atoms with Crippen molar-refractivity contribution in [1.29, 1.82) is 0 Å². The summed E-state index contributed by atoms with van der Waals surface area (Å²) >= 11 is 0. The van der Waals surface area contributed by atoms with Gasteiger partial charge >= 0.3 is 16.3 Å². The summed E-state index contributed by atoms with van der Waals surface area (Å²) in [4.78, 5) is -0.896. The Labute approximate surface area is 132 Å². The van der Waals surface area contributed by atoms with Crippen molar-refractivity contribution in [1.82, 2.24) is 0 Å². The first-order valence-electron chi connectivity index (χ1n) is 6.71. The molecule has 0 aromatic heterocycles.